The lowest BCUT2D eigenvalue weighted by Gasteiger charge is -2.33. The van der Waals surface area contributed by atoms with Crippen LogP contribution in [0.25, 0.3) is 0 Å². The van der Waals surface area contributed by atoms with Crippen LogP contribution in [0.3, 0.4) is 0 Å². The lowest BCUT2D eigenvalue weighted by Crippen LogP contribution is -2.52. The quantitative estimate of drug-likeness (QED) is 0.706. The summed E-state index contributed by atoms with van der Waals surface area (Å²) < 4.78 is 59.9. The minimum absolute atomic E-state index is 0.143. The summed E-state index contributed by atoms with van der Waals surface area (Å²) in [4.78, 5) is 0. The fourth-order valence-corrected chi connectivity index (χ4v) is 1.56. The summed E-state index contributed by atoms with van der Waals surface area (Å²) in [6, 6.07) is 4.16. The predicted octanol–water partition coefficient (Wildman–Crippen LogP) is 3.77. The van der Waals surface area contributed by atoms with E-state index >= 15 is 0 Å². The first-order valence-corrected chi connectivity index (χ1v) is 5.01. The molecule has 0 spiro atoms. The molecule has 0 atom stereocenters. The van der Waals surface area contributed by atoms with E-state index in [9.17, 15) is 17.6 Å². The SMILES string of the molecule is CC(C)c1cccc2c1OC(F)(F)C(F)(F)O2. The third-order valence-corrected chi connectivity index (χ3v) is 2.44. The van der Waals surface area contributed by atoms with Crippen molar-refractivity contribution in [2.24, 2.45) is 0 Å². The second-order valence-corrected chi connectivity index (χ2v) is 4.07. The van der Waals surface area contributed by atoms with Crippen molar-refractivity contribution in [3.63, 3.8) is 0 Å². The first kappa shape index (κ1) is 12.0. The first-order chi connectivity index (χ1) is 7.74. The maximum absolute atomic E-state index is 13.0. The van der Waals surface area contributed by atoms with Crippen LogP contribution in [0.15, 0.2) is 18.2 Å². The van der Waals surface area contributed by atoms with Crippen molar-refractivity contribution in [2.45, 2.75) is 32.0 Å². The Morgan fingerprint density at radius 3 is 2.18 bits per heavy atom. The van der Waals surface area contributed by atoms with Crippen LogP contribution in [0.5, 0.6) is 11.5 Å². The van der Waals surface area contributed by atoms with Crippen LogP contribution in [0, 0.1) is 0 Å². The van der Waals surface area contributed by atoms with Gasteiger partial charge in [-0.05, 0) is 12.0 Å². The van der Waals surface area contributed by atoms with Crippen LogP contribution in [-0.4, -0.2) is 12.2 Å². The van der Waals surface area contributed by atoms with E-state index in [1.54, 1.807) is 13.8 Å². The van der Waals surface area contributed by atoms with E-state index in [4.69, 9.17) is 0 Å². The van der Waals surface area contributed by atoms with Gasteiger partial charge in [-0.15, -0.1) is 0 Å². The number of rotatable bonds is 1. The number of ether oxygens (including phenoxy) is 2. The highest BCUT2D eigenvalue weighted by molar-refractivity contribution is 5.49. The zero-order valence-corrected chi connectivity index (χ0v) is 9.14. The maximum atomic E-state index is 13.0. The van der Waals surface area contributed by atoms with E-state index in [2.05, 4.69) is 9.47 Å². The van der Waals surface area contributed by atoms with Crippen molar-refractivity contribution >= 4 is 0 Å². The average molecular weight is 250 g/mol. The van der Waals surface area contributed by atoms with Gasteiger partial charge in [0.1, 0.15) is 0 Å². The summed E-state index contributed by atoms with van der Waals surface area (Å²) >= 11 is 0. The van der Waals surface area contributed by atoms with E-state index < -0.39 is 12.2 Å². The summed E-state index contributed by atoms with van der Waals surface area (Å²) in [6.07, 6.45) is -9.32. The third kappa shape index (κ3) is 1.81. The standard InChI is InChI=1S/C11H10F4O2/c1-6(2)7-4-3-5-8-9(7)17-11(14,15)10(12,13)16-8/h3-6H,1-2H3. The van der Waals surface area contributed by atoms with Crippen molar-refractivity contribution in [3.05, 3.63) is 23.8 Å². The minimum atomic E-state index is -4.66. The molecule has 0 saturated heterocycles. The Bertz CT molecular complexity index is 443. The molecule has 0 bridgehead atoms. The van der Waals surface area contributed by atoms with Crippen LogP contribution in [0.4, 0.5) is 17.6 Å². The summed E-state index contributed by atoms with van der Waals surface area (Å²) in [6.45, 7) is 3.48. The molecule has 2 rings (SSSR count). The van der Waals surface area contributed by atoms with Crippen molar-refractivity contribution in [1.29, 1.82) is 0 Å². The molecule has 1 aliphatic heterocycles. The molecule has 0 amide bonds. The van der Waals surface area contributed by atoms with Crippen LogP contribution in [-0.2, 0) is 0 Å². The highest BCUT2D eigenvalue weighted by Gasteiger charge is 2.66. The molecule has 6 heteroatoms. The second-order valence-electron chi connectivity index (χ2n) is 4.07. The Morgan fingerprint density at radius 2 is 1.59 bits per heavy atom. The predicted molar refractivity (Wildman–Crippen MR) is 51.7 cm³/mol. The van der Waals surface area contributed by atoms with Crippen LogP contribution in [0.2, 0.25) is 0 Å². The van der Waals surface area contributed by atoms with E-state index in [1.165, 1.54) is 18.2 Å². The zero-order valence-electron chi connectivity index (χ0n) is 9.14. The van der Waals surface area contributed by atoms with Gasteiger partial charge in [0.15, 0.2) is 11.5 Å². The fourth-order valence-electron chi connectivity index (χ4n) is 1.56. The number of hydrogen-bond donors (Lipinski definition) is 0. The third-order valence-electron chi connectivity index (χ3n) is 2.44. The Kier molecular flexibility index (Phi) is 2.48. The Balaban J connectivity index is 2.53. The molecule has 0 fully saturated rings. The van der Waals surface area contributed by atoms with Gasteiger partial charge in [0.05, 0.1) is 0 Å². The van der Waals surface area contributed by atoms with Gasteiger partial charge >= 0.3 is 12.2 Å². The number of halogens is 4. The van der Waals surface area contributed by atoms with Gasteiger partial charge in [-0.25, -0.2) is 0 Å². The molecule has 1 aromatic carbocycles. The smallest absolute Gasteiger partial charge is 0.421 e. The number of para-hydroxylation sites is 1. The monoisotopic (exact) mass is 250 g/mol. The molecule has 0 aliphatic carbocycles. The van der Waals surface area contributed by atoms with E-state index in [0.29, 0.717) is 5.56 Å². The Labute approximate surface area is 95.1 Å². The molecule has 1 aromatic rings. The van der Waals surface area contributed by atoms with Crippen LogP contribution >= 0.6 is 0 Å². The van der Waals surface area contributed by atoms with Gasteiger partial charge in [-0.3, -0.25) is 0 Å². The lowest BCUT2D eigenvalue weighted by molar-refractivity contribution is -0.391. The molecule has 1 aliphatic rings. The lowest BCUT2D eigenvalue weighted by atomic mass is 10.0. The second kappa shape index (κ2) is 3.51. The number of hydrogen-bond acceptors (Lipinski definition) is 2. The fraction of sp³-hybridized carbons (Fsp3) is 0.455. The molecular weight excluding hydrogens is 240 g/mol. The summed E-state index contributed by atoms with van der Waals surface area (Å²) in [7, 11) is 0. The molecule has 0 saturated carbocycles. The molecule has 1 heterocycles. The minimum Gasteiger partial charge on any atom is -0.421 e. The topological polar surface area (TPSA) is 18.5 Å². The molecule has 0 radical (unpaired) electrons. The maximum Gasteiger partial charge on any atom is 0.507 e. The summed E-state index contributed by atoms with van der Waals surface area (Å²) in [5, 5.41) is 0. The van der Waals surface area contributed by atoms with Gasteiger partial charge in [0.2, 0.25) is 0 Å². The van der Waals surface area contributed by atoms with E-state index in [0.717, 1.165) is 0 Å². The molecular formula is C11H10F4O2. The highest BCUT2D eigenvalue weighted by Crippen LogP contribution is 2.49. The molecule has 0 N–H and O–H groups in total. The molecule has 0 unspecified atom stereocenters. The van der Waals surface area contributed by atoms with Gasteiger partial charge in [-0.1, -0.05) is 26.0 Å². The van der Waals surface area contributed by atoms with Crippen molar-refractivity contribution < 1.29 is 27.0 Å². The van der Waals surface area contributed by atoms with Crippen molar-refractivity contribution in [2.75, 3.05) is 0 Å². The molecule has 2 nitrogen and oxygen atoms in total. The molecule has 94 valence electrons. The number of benzene rings is 1. The summed E-state index contributed by atoms with van der Waals surface area (Å²) in [5.41, 5.74) is 0.401. The Morgan fingerprint density at radius 1 is 1.00 bits per heavy atom. The normalized spacial score (nSPS) is 20.4. The number of fused-ring (bicyclic) bond motifs is 1. The van der Waals surface area contributed by atoms with Crippen LogP contribution in [0.1, 0.15) is 25.3 Å². The van der Waals surface area contributed by atoms with Crippen molar-refractivity contribution in [3.8, 4) is 11.5 Å². The van der Waals surface area contributed by atoms with E-state index in [1.807, 2.05) is 0 Å². The highest BCUT2D eigenvalue weighted by atomic mass is 19.3. The van der Waals surface area contributed by atoms with E-state index in [-0.39, 0.29) is 17.4 Å². The largest absolute Gasteiger partial charge is 0.507 e. The van der Waals surface area contributed by atoms with Crippen molar-refractivity contribution in [1.82, 2.24) is 0 Å². The Hall–Kier alpha value is -1.46. The van der Waals surface area contributed by atoms with Gasteiger partial charge in [-0.2, -0.15) is 17.6 Å². The zero-order chi connectivity index (χ0) is 12.8. The average Bonchev–Trinajstić information content (AvgIpc) is 2.17. The van der Waals surface area contributed by atoms with Gasteiger partial charge in [0.25, 0.3) is 0 Å². The molecule has 0 aromatic heterocycles. The van der Waals surface area contributed by atoms with Gasteiger partial charge < -0.3 is 9.47 Å². The summed E-state index contributed by atoms with van der Waals surface area (Å²) in [5.74, 6) is -0.832. The molecule has 17 heavy (non-hydrogen) atoms. The van der Waals surface area contributed by atoms with Crippen LogP contribution < -0.4 is 9.47 Å². The van der Waals surface area contributed by atoms with Gasteiger partial charge in [0, 0.05) is 5.56 Å². The first-order valence-electron chi connectivity index (χ1n) is 5.01. The number of alkyl halides is 4.